The molecule has 2 aliphatic heterocycles. The summed E-state index contributed by atoms with van der Waals surface area (Å²) < 4.78 is 54.6. The predicted octanol–water partition coefficient (Wildman–Crippen LogP) is 3.29. The molecule has 2 aliphatic rings. The highest BCUT2D eigenvalue weighted by Gasteiger charge is 2.43. The molecule has 1 atom stereocenters. The van der Waals surface area contributed by atoms with Gasteiger partial charge in [0.2, 0.25) is 17.0 Å². The van der Waals surface area contributed by atoms with Crippen LogP contribution < -0.4 is 10.6 Å². The van der Waals surface area contributed by atoms with Gasteiger partial charge in [0.15, 0.2) is 11.6 Å². The number of halogens is 2. The van der Waals surface area contributed by atoms with E-state index < -0.39 is 22.6 Å². The van der Waals surface area contributed by atoms with Gasteiger partial charge in [-0.15, -0.1) is 5.10 Å². The lowest BCUT2D eigenvalue weighted by atomic mass is 10.1. The molecule has 0 aliphatic carbocycles. The quantitative estimate of drug-likeness (QED) is 0.201. The molecule has 0 spiro atoms. The third kappa shape index (κ3) is 9.21. The number of rotatable bonds is 8. The van der Waals surface area contributed by atoms with Crippen molar-refractivity contribution in [1.29, 1.82) is 0 Å². The Morgan fingerprint density at radius 2 is 1.93 bits per heavy atom. The minimum Gasteiger partial charge on any atom is -0.336 e. The number of nitrogens with zero attached hydrogens (tertiary/aromatic N) is 6. The fourth-order valence-electron chi connectivity index (χ4n) is 5.13. The van der Waals surface area contributed by atoms with Crippen LogP contribution in [0, 0.1) is 12.8 Å². The highest BCUT2D eigenvalue weighted by molar-refractivity contribution is 7.99. The van der Waals surface area contributed by atoms with Crippen molar-refractivity contribution < 1.29 is 31.3 Å². The Morgan fingerprint density at radius 3 is 2.59 bits per heavy atom. The van der Waals surface area contributed by atoms with Crippen LogP contribution in [0.25, 0.3) is 5.52 Å². The molecule has 4 aromatic rings. The first-order valence-corrected chi connectivity index (χ1v) is 16.9. The number of benzene rings is 1. The Balaban J connectivity index is 0.000000775. The fraction of sp³-hybridized carbons (Fsp3) is 0.393. The minimum atomic E-state index is -3.67. The lowest BCUT2D eigenvalue weighted by Gasteiger charge is -2.21. The van der Waals surface area contributed by atoms with Crippen LogP contribution in [-0.4, -0.2) is 104 Å². The summed E-state index contributed by atoms with van der Waals surface area (Å²) in [5.74, 6) is -2.29. The monoisotopic (exact) mass is 677 g/mol. The van der Waals surface area contributed by atoms with Gasteiger partial charge in [0, 0.05) is 48.1 Å². The van der Waals surface area contributed by atoms with E-state index in [0.29, 0.717) is 48.2 Å². The van der Waals surface area contributed by atoms with Crippen LogP contribution in [0.1, 0.15) is 18.5 Å². The van der Waals surface area contributed by atoms with E-state index in [-0.39, 0.29) is 37.2 Å². The van der Waals surface area contributed by atoms with Crippen LogP contribution >= 0.6 is 11.8 Å². The summed E-state index contributed by atoms with van der Waals surface area (Å²) in [5.41, 5.74) is 2.39. The molecule has 0 unspecified atom stereocenters. The number of amides is 2. The van der Waals surface area contributed by atoms with Gasteiger partial charge in [-0.1, -0.05) is 0 Å². The van der Waals surface area contributed by atoms with Crippen molar-refractivity contribution in [2.24, 2.45) is 5.92 Å². The third-order valence-electron chi connectivity index (χ3n) is 7.14. The number of carbonyl (C=O) groups excluding carboxylic acids is 2. The summed E-state index contributed by atoms with van der Waals surface area (Å²) in [6.07, 6.45) is 2.85. The summed E-state index contributed by atoms with van der Waals surface area (Å²) in [7, 11) is -3.67. The van der Waals surface area contributed by atoms with Gasteiger partial charge in [-0.3, -0.25) is 24.1 Å². The Morgan fingerprint density at radius 1 is 1.20 bits per heavy atom. The Kier molecular flexibility index (Phi) is 9.90. The number of aryl methyl sites for hydroxylation is 1. The number of hydrogen-bond acceptors (Lipinski definition) is 10. The number of likely N-dealkylation sites (tertiary alicyclic amines) is 2. The molecular weight excluding hydrogens is 644 g/mol. The molecule has 3 aromatic heterocycles. The molecule has 2 amide bonds. The van der Waals surface area contributed by atoms with Gasteiger partial charge in [0.25, 0.3) is 16.0 Å². The van der Waals surface area contributed by atoms with Crippen molar-refractivity contribution in [2.45, 2.75) is 35.7 Å². The molecule has 5 heterocycles. The smallest absolute Gasteiger partial charge is 0.267 e. The normalized spacial score (nSPS) is 17.9. The summed E-state index contributed by atoms with van der Waals surface area (Å²) >= 11 is 1.39. The van der Waals surface area contributed by atoms with Crippen molar-refractivity contribution in [2.75, 3.05) is 49.6 Å². The molecule has 18 heteroatoms. The maximum absolute atomic E-state index is 13.5. The summed E-state index contributed by atoms with van der Waals surface area (Å²) in [6.45, 7) is 2.61. The number of aromatic amines is 1. The zero-order valence-electron chi connectivity index (χ0n) is 25.0. The molecule has 4 N–H and O–H groups in total. The molecule has 0 radical (unpaired) electrons. The largest absolute Gasteiger partial charge is 0.336 e. The Hall–Kier alpha value is -4.13. The summed E-state index contributed by atoms with van der Waals surface area (Å²) in [4.78, 5) is 34.0. The van der Waals surface area contributed by atoms with E-state index in [1.54, 1.807) is 4.52 Å². The van der Waals surface area contributed by atoms with Crippen molar-refractivity contribution >= 4 is 56.5 Å². The number of aromatic nitrogens is 5. The Bertz CT molecular complexity index is 1810. The van der Waals surface area contributed by atoms with E-state index in [9.17, 15) is 26.8 Å². The highest BCUT2D eigenvalue weighted by Crippen LogP contribution is 2.31. The molecule has 0 saturated carbocycles. The van der Waals surface area contributed by atoms with E-state index in [1.807, 2.05) is 60.5 Å². The van der Waals surface area contributed by atoms with Gasteiger partial charge in [0.1, 0.15) is 5.52 Å². The zero-order valence-corrected chi connectivity index (χ0v) is 26.6. The molecule has 6 rings (SSSR count). The standard InChI is InChI=1S/C27H29F2N9O2S.CH4O3S/c1-17-13-22(34-33-17)31-24-21-3-2-10-38(21)35-26(32-24)41-20-6-4-19(5-7-20)30-23(39)15-36-11-8-18(14-36)25(40)37-12-9-27(28,29)16-37;1-5(2,3)4/h2-7,10,13,18H,8-9,11-12,14-16H2,1H3,(H,30,39)(H2,31,32,33,34,35);1H3,(H,2,3,4)/t18-;/m1./s1. The van der Waals surface area contributed by atoms with E-state index in [4.69, 9.17) is 4.55 Å². The zero-order chi connectivity index (χ0) is 33.1. The Labute approximate surface area is 267 Å². The second-order valence-electron chi connectivity index (χ2n) is 11.1. The lowest BCUT2D eigenvalue weighted by molar-refractivity contribution is -0.135. The molecule has 2 fully saturated rings. The third-order valence-corrected chi connectivity index (χ3v) is 8.00. The molecule has 246 valence electrons. The predicted molar refractivity (Wildman–Crippen MR) is 167 cm³/mol. The first-order chi connectivity index (χ1) is 21.7. The van der Waals surface area contributed by atoms with E-state index in [1.165, 1.54) is 16.7 Å². The van der Waals surface area contributed by atoms with Gasteiger partial charge >= 0.3 is 0 Å². The second-order valence-corrected chi connectivity index (χ2v) is 13.6. The maximum atomic E-state index is 13.5. The van der Waals surface area contributed by atoms with Gasteiger partial charge < -0.3 is 15.5 Å². The second kappa shape index (κ2) is 13.7. The summed E-state index contributed by atoms with van der Waals surface area (Å²) in [6, 6.07) is 13.1. The average Bonchev–Trinajstić information content (AvgIpc) is 3.77. The molecule has 0 bridgehead atoms. The number of anilines is 3. The molecule has 2 saturated heterocycles. The maximum Gasteiger partial charge on any atom is 0.267 e. The molecular formula is C28H33F2N9O5S2. The van der Waals surface area contributed by atoms with Crippen LogP contribution in [-0.2, 0) is 19.7 Å². The van der Waals surface area contributed by atoms with Crippen LogP contribution in [0.2, 0.25) is 0 Å². The van der Waals surface area contributed by atoms with Gasteiger partial charge in [-0.05, 0) is 68.0 Å². The van der Waals surface area contributed by atoms with Crippen LogP contribution in [0.5, 0.6) is 0 Å². The van der Waals surface area contributed by atoms with Gasteiger partial charge in [-0.2, -0.15) is 13.5 Å². The van der Waals surface area contributed by atoms with Crippen molar-refractivity contribution in [3.8, 4) is 0 Å². The number of carbonyl (C=O) groups is 2. The molecule has 14 nitrogen and oxygen atoms in total. The van der Waals surface area contributed by atoms with Crippen molar-refractivity contribution in [1.82, 2.24) is 34.6 Å². The number of H-pyrrole nitrogens is 1. The topological polar surface area (TPSA) is 178 Å². The minimum absolute atomic E-state index is 0.0903. The molecule has 46 heavy (non-hydrogen) atoms. The average molecular weight is 678 g/mol. The lowest BCUT2D eigenvalue weighted by Crippen LogP contribution is -2.38. The van der Waals surface area contributed by atoms with E-state index in [2.05, 4.69) is 30.9 Å². The number of hydrogen-bond donors (Lipinski definition) is 4. The fourth-order valence-corrected chi connectivity index (χ4v) is 5.88. The van der Waals surface area contributed by atoms with Gasteiger partial charge in [-0.25, -0.2) is 18.3 Å². The summed E-state index contributed by atoms with van der Waals surface area (Å²) in [5, 5.41) is 18.4. The van der Waals surface area contributed by atoms with Gasteiger partial charge in [0.05, 0.1) is 25.3 Å². The first-order valence-electron chi connectivity index (χ1n) is 14.2. The van der Waals surface area contributed by atoms with E-state index >= 15 is 0 Å². The van der Waals surface area contributed by atoms with E-state index in [0.717, 1.165) is 16.1 Å². The number of fused-ring (bicyclic) bond motifs is 1. The molecule has 1 aromatic carbocycles. The number of alkyl halides is 2. The first kappa shape index (κ1) is 33.2. The number of nitrogens with one attached hydrogen (secondary N) is 3. The van der Waals surface area contributed by atoms with Crippen LogP contribution in [0.15, 0.2) is 58.7 Å². The highest BCUT2D eigenvalue weighted by atomic mass is 32.2. The van der Waals surface area contributed by atoms with Crippen molar-refractivity contribution in [3.05, 3.63) is 54.4 Å². The van der Waals surface area contributed by atoms with Crippen molar-refractivity contribution in [3.63, 3.8) is 0 Å². The van der Waals surface area contributed by atoms with Crippen LogP contribution in [0.3, 0.4) is 0 Å². The SMILES string of the molecule is CS(=O)(=O)O.Cc1cc(Nc2nc(Sc3ccc(NC(=O)CN4CC[C@@H](C(=O)N5CCC(F)(F)C5)C4)cc3)nn3cccc23)n[nH]1. The van der Waals surface area contributed by atoms with Crippen LogP contribution in [0.4, 0.5) is 26.1 Å².